The minimum Gasteiger partial charge on any atom is -0.382 e. The Kier molecular flexibility index (Phi) is 7.86. The molecule has 0 fully saturated rings. The molecule has 3 N–H and O–H groups in total. The third-order valence-electron chi connectivity index (χ3n) is 5.12. The van der Waals surface area contributed by atoms with Crippen LogP contribution >= 0.6 is 0 Å². The first-order valence-corrected chi connectivity index (χ1v) is 10.1. The molecule has 8 nitrogen and oxygen atoms in total. The van der Waals surface area contributed by atoms with Crippen LogP contribution in [0.2, 0.25) is 0 Å². The van der Waals surface area contributed by atoms with Crippen molar-refractivity contribution in [1.29, 1.82) is 0 Å². The molecule has 1 aromatic carbocycles. The smallest absolute Gasteiger partial charge is 0.272 e. The summed E-state index contributed by atoms with van der Waals surface area (Å²) in [6.45, 7) is 9.71. The lowest BCUT2D eigenvalue weighted by atomic mass is 9.74. The van der Waals surface area contributed by atoms with Crippen molar-refractivity contribution in [3.63, 3.8) is 0 Å². The van der Waals surface area contributed by atoms with Gasteiger partial charge in [-0.15, -0.1) is 0 Å². The molecule has 0 aliphatic rings. The second kappa shape index (κ2) is 9.95. The third kappa shape index (κ3) is 5.96. The highest BCUT2D eigenvalue weighted by Crippen LogP contribution is 2.38. The Bertz CT molecular complexity index is 842. The van der Waals surface area contributed by atoms with E-state index in [9.17, 15) is 14.7 Å². The first kappa shape index (κ1) is 23.7. The van der Waals surface area contributed by atoms with Crippen LogP contribution in [0.25, 0.3) is 11.5 Å². The Morgan fingerprint density at radius 2 is 1.80 bits per heavy atom. The van der Waals surface area contributed by atoms with Crippen molar-refractivity contribution in [3.8, 4) is 11.5 Å². The first-order valence-electron chi connectivity index (χ1n) is 10.1. The monoisotopic (exact) mass is 417 g/mol. The summed E-state index contributed by atoms with van der Waals surface area (Å²) < 4.78 is 5.42. The molecule has 0 unspecified atom stereocenters. The zero-order valence-electron chi connectivity index (χ0n) is 18.1. The number of carbonyl (C=O) groups excluding carboxylic acids is 2. The molecular weight excluding hydrogens is 386 g/mol. The van der Waals surface area contributed by atoms with Gasteiger partial charge in [-0.25, -0.2) is 5.48 Å². The molecule has 3 atom stereocenters. The van der Waals surface area contributed by atoms with Crippen molar-refractivity contribution in [2.75, 3.05) is 0 Å². The van der Waals surface area contributed by atoms with Crippen molar-refractivity contribution in [2.45, 2.75) is 59.5 Å². The number of nitrogens with zero attached hydrogens (tertiary/aromatic N) is 2. The van der Waals surface area contributed by atoms with E-state index < -0.39 is 17.9 Å². The van der Waals surface area contributed by atoms with Gasteiger partial charge in [0.2, 0.25) is 0 Å². The number of benzene rings is 1. The normalized spacial score (nSPS) is 14.9. The lowest BCUT2D eigenvalue weighted by Crippen LogP contribution is -2.42. The molecule has 0 aliphatic heterocycles. The Balaban J connectivity index is 2.30. The molecule has 164 valence electrons. The maximum atomic E-state index is 13.1. The van der Waals surface area contributed by atoms with Crippen LogP contribution in [0.5, 0.6) is 0 Å². The number of rotatable bonds is 9. The first-order chi connectivity index (χ1) is 14.0. The standard InChI is InChI=1S/C22H31N3O5/c1-13(2)11-15(18(27)20(28)24-29)17(26)12-16(22(3,4)5)19-23-21(30-25-19)14-9-7-6-8-10-14/h6-10,13,15-16,18,27,29H,11-12H2,1-5H3,(H,24,28)/t15-,16+,18-/m0/s1. The van der Waals surface area contributed by atoms with Gasteiger partial charge >= 0.3 is 0 Å². The van der Waals surface area contributed by atoms with E-state index in [-0.39, 0.29) is 29.5 Å². The van der Waals surface area contributed by atoms with Gasteiger partial charge in [-0.3, -0.25) is 14.8 Å². The van der Waals surface area contributed by atoms with Crippen LogP contribution in [0.15, 0.2) is 34.9 Å². The van der Waals surface area contributed by atoms with E-state index >= 15 is 0 Å². The van der Waals surface area contributed by atoms with Gasteiger partial charge in [-0.1, -0.05) is 58.0 Å². The van der Waals surface area contributed by atoms with Gasteiger partial charge in [0.25, 0.3) is 11.8 Å². The fourth-order valence-corrected chi connectivity index (χ4v) is 3.40. The van der Waals surface area contributed by atoms with Gasteiger partial charge in [0, 0.05) is 17.9 Å². The molecule has 0 radical (unpaired) electrons. The number of amides is 1. The predicted octanol–water partition coefficient (Wildman–Crippen LogP) is 3.35. The number of hydrogen-bond donors (Lipinski definition) is 3. The SMILES string of the molecule is CC(C)C[C@@H](C(=O)C[C@H](c1noc(-c2ccccc2)n1)C(C)(C)C)[C@H](O)C(=O)NO. The van der Waals surface area contributed by atoms with Crippen LogP contribution in [0.1, 0.15) is 59.2 Å². The molecule has 1 aromatic heterocycles. The Morgan fingerprint density at radius 3 is 2.33 bits per heavy atom. The predicted molar refractivity (Wildman–Crippen MR) is 110 cm³/mol. The quantitative estimate of drug-likeness (QED) is 0.422. The van der Waals surface area contributed by atoms with Crippen LogP contribution in [-0.2, 0) is 9.59 Å². The minimum absolute atomic E-state index is 0.0322. The zero-order valence-corrected chi connectivity index (χ0v) is 18.1. The van der Waals surface area contributed by atoms with Gasteiger partial charge in [-0.05, 0) is 29.9 Å². The van der Waals surface area contributed by atoms with E-state index in [1.54, 1.807) is 0 Å². The van der Waals surface area contributed by atoms with E-state index in [1.807, 2.05) is 65.0 Å². The van der Waals surface area contributed by atoms with Crippen LogP contribution in [0.3, 0.4) is 0 Å². The van der Waals surface area contributed by atoms with Crippen LogP contribution in [-0.4, -0.2) is 38.2 Å². The topological polar surface area (TPSA) is 126 Å². The summed E-state index contributed by atoms with van der Waals surface area (Å²) in [6.07, 6.45) is -1.29. The van der Waals surface area contributed by atoms with Crippen LogP contribution in [0, 0.1) is 17.3 Å². The number of aromatic nitrogens is 2. The summed E-state index contributed by atoms with van der Waals surface area (Å²) in [6, 6.07) is 9.34. The van der Waals surface area contributed by atoms with E-state index in [2.05, 4.69) is 10.1 Å². The fourth-order valence-electron chi connectivity index (χ4n) is 3.40. The molecule has 8 heteroatoms. The molecule has 0 aliphatic carbocycles. The number of carbonyl (C=O) groups is 2. The molecule has 2 rings (SSSR count). The van der Waals surface area contributed by atoms with Gasteiger partial charge in [0.15, 0.2) is 5.82 Å². The van der Waals surface area contributed by atoms with E-state index in [1.165, 1.54) is 5.48 Å². The van der Waals surface area contributed by atoms with Gasteiger partial charge in [0.1, 0.15) is 11.9 Å². The van der Waals surface area contributed by atoms with Crippen molar-refractivity contribution in [3.05, 3.63) is 36.2 Å². The Morgan fingerprint density at radius 1 is 1.17 bits per heavy atom. The van der Waals surface area contributed by atoms with Crippen molar-refractivity contribution < 1.29 is 24.4 Å². The number of hydroxylamine groups is 1. The van der Waals surface area contributed by atoms with E-state index in [0.29, 0.717) is 18.1 Å². The fraction of sp³-hybridized carbons (Fsp3) is 0.545. The number of aliphatic hydroxyl groups is 1. The average Bonchev–Trinajstić information content (AvgIpc) is 3.18. The highest BCUT2D eigenvalue weighted by molar-refractivity contribution is 5.90. The largest absolute Gasteiger partial charge is 0.382 e. The number of aliphatic hydroxyl groups excluding tert-OH is 1. The van der Waals surface area contributed by atoms with Gasteiger partial charge in [-0.2, -0.15) is 4.98 Å². The molecule has 0 spiro atoms. The Labute approximate surface area is 176 Å². The summed E-state index contributed by atoms with van der Waals surface area (Å²) in [4.78, 5) is 29.4. The molecule has 2 aromatic rings. The number of nitrogens with one attached hydrogen (secondary N) is 1. The maximum absolute atomic E-state index is 13.1. The number of Topliss-reactive ketones (excluding diaryl/α,β-unsaturated/α-hetero) is 1. The van der Waals surface area contributed by atoms with Gasteiger partial charge in [0.05, 0.1) is 5.92 Å². The molecule has 0 saturated carbocycles. The molecule has 0 saturated heterocycles. The molecule has 1 amide bonds. The summed E-state index contributed by atoms with van der Waals surface area (Å²) in [5, 5.41) is 23.3. The van der Waals surface area contributed by atoms with E-state index in [4.69, 9.17) is 9.73 Å². The van der Waals surface area contributed by atoms with Crippen LogP contribution < -0.4 is 5.48 Å². The second-order valence-corrected chi connectivity index (χ2v) is 9.07. The summed E-state index contributed by atoms with van der Waals surface area (Å²) in [7, 11) is 0. The number of ketones is 1. The molecule has 1 heterocycles. The summed E-state index contributed by atoms with van der Waals surface area (Å²) in [5.41, 5.74) is 1.83. The molecule has 0 bridgehead atoms. The maximum Gasteiger partial charge on any atom is 0.272 e. The van der Waals surface area contributed by atoms with Gasteiger partial charge < -0.3 is 9.63 Å². The third-order valence-corrected chi connectivity index (χ3v) is 5.12. The Hall–Kier alpha value is -2.58. The minimum atomic E-state index is -1.63. The number of hydrogen-bond acceptors (Lipinski definition) is 7. The van der Waals surface area contributed by atoms with Crippen molar-refractivity contribution >= 4 is 11.7 Å². The average molecular weight is 418 g/mol. The van der Waals surface area contributed by atoms with Crippen molar-refractivity contribution in [2.24, 2.45) is 17.3 Å². The lowest BCUT2D eigenvalue weighted by Gasteiger charge is -2.30. The summed E-state index contributed by atoms with van der Waals surface area (Å²) in [5.74, 6) is -1.77. The lowest BCUT2D eigenvalue weighted by molar-refractivity contribution is -0.146. The van der Waals surface area contributed by atoms with E-state index in [0.717, 1.165) is 5.56 Å². The van der Waals surface area contributed by atoms with Crippen molar-refractivity contribution in [1.82, 2.24) is 15.6 Å². The molecule has 30 heavy (non-hydrogen) atoms. The summed E-state index contributed by atoms with van der Waals surface area (Å²) >= 11 is 0. The highest BCUT2D eigenvalue weighted by Gasteiger charge is 2.38. The highest BCUT2D eigenvalue weighted by atomic mass is 16.5. The molecular formula is C22H31N3O5. The zero-order chi connectivity index (χ0) is 22.5. The van der Waals surface area contributed by atoms with Crippen LogP contribution in [0.4, 0.5) is 0 Å². The second-order valence-electron chi connectivity index (χ2n) is 9.07.